The van der Waals surface area contributed by atoms with E-state index in [4.69, 9.17) is 10.5 Å². The molecule has 1 atom stereocenters. The summed E-state index contributed by atoms with van der Waals surface area (Å²) in [5.41, 5.74) is 9.63. The minimum Gasteiger partial charge on any atom is -0.378 e. The average Bonchev–Trinajstić information content (AvgIpc) is 3.14. The zero-order chi connectivity index (χ0) is 21.1. The third-order valence-corrected chi connectivity index (χ3v) is 5.31. The Morgan fingerprint density at radius 2 is 1.97 bits per heavy atom. The van der Waals surface area contributed by atoms with Crippen molar-refractivity contribution in [3.05, 3.63) is 59.3 Å². The van der Waals surface area contributed by atoms with E-state index >= 15 is 0 Å². The fourth-order valence-electron chi connectivity index (χ4n) is 3.55. The highest BCUT2D eigenvalue weighted by Gasteiger charge is 2.21. The highest BCUT2D eigenvalue weighted by Crippen LogP contribution is 2.23. The highest BCUT2D eigenvalue weighted by molar-refractivity contribution is 5.65. The molecule has 4 rings (SSSR count). The fourth-order valence-corrected chi connectivity index (χ4v) is 3.55. The third-order valence-electron chi connectivity index (χ3n) is 5.31. The summed E-state index contributed by atoms with van der Waals surface area (Å²) in [4.78, 5) is 18.1. The molecule has 0 amide bonds. The Labute approximate surface area is 175 Å². The van der Waals surface area contributed by atoms with Gasteiger partial charge in [-0.1, -0.05) is 32.1 Å². The van der Waals surface area contributed by atoms with Crippen molar-refractivity contribution in [1.29, 1.82) is 0 Å². The van der Waals surface area contributed by atoms with E-state index in [2.05, 4.69) is 46.3 Å². The van der Waals surface area contributed by atoms with Crippen molar-refractivity contribution in [3.8, 4) is 5.69 Å². The normalized spacial score (nSPS) is 19.0. The number of aromatic nitrogens is 3. The molecule has 30 heavy (non-hydrogen) atoms. The number of hydrogen-bond donors (Lipinski definition) is 2. The van der Waals surface area contributed by atoms with Crippen molar-refractivity contribution in [2.75, 3.05) is 37.4 Å². The molecule has 2 aromatic rings. The van der Waals surface area contributed by atoms with Gasteiger partial charge in [-0.2, -0.15) is 9.67 Å². The summed E-state index contributed by atoms with van der Waals surface area (Å²) < 4.78 is 6.97. The van der Waals surface area contributed by atoms with Crippen LogP contribution in [0.2, 0.25) is 0 Å². The summed E-state index contributed by atoms with van der Waals surface area (Å²) in [7, 11) is 0. The summed E-state index contributed by atoms with van der Waals surface area (Å²) in [5, 5.41) is 7.64. The van der Waals surface area contributed by atoms with Crippen LogP contribution >= 0.6 is 0 Å². The first-order chi connectivity index (χ1) is 14.5. The Kier molecular flexibility index (Phi) is 5.70. The van der Waals surface area contributed by atoms with Crippen LogP contribution in [0.15, 0.2) is 53.8 Å². The van der Waals surface area contributed by atoms with Gasteiger partial charge in [-0.05, 0) is 35.8 Å². The van der Waals surface area contributed by atoms with E-state index < -0.39 is 0 Å². The van der Waals surface area contributed by atoms with Gasteiger partial charge in [-0.15, -0.1) is 5.10 Å². The monoisotopic (exact) mass is 406 g/mol. The molecule has 1 saturated heterocycles. The van der Waals surface area contributed by atoms with Gasteiger partial charge in [0.15, 0.2) is 0 Å². The molecule has 2 aliphatic rings. The third kappa shape index (κ3) is 4.15. The van der Waals surface area contributed by atoms with Gasteiger partial charge in [0.1, 0.15) is 5.94 Å². The summed E-state index contributed by atoms with van der Waals surface area (Å²) >= 11 is 0. The quantitative estimate of drug-likeness (QED) is 0.735. The predicted octanol–water partition coefficient (Wildman–Crippen LogP) is 2.30. The molecule has 0 spiro atoms. The van der Waals surface area contributed by atoms with Crippen LogP contribution in [0, 0.1) is 0 Å². The largest absolute Gasteiger partial charge is 0.378 e. The second-order valence-corrected chi connectivity index (χ2v) is 7.66. The van der Waals surface area contributed by atoms with Crippen LogP contribution in [-0.4, -0.2) is 58.0 Å². The van der Waals surface area contributed by atoms with Gasteiger partial charge in [-0.25, -0.2) is 4.79 Å². The lowest BCUT2D eigenvalue weighted by Gasteiger charge is -2.31. The molecule has 1 unspecified atom stereocenters. The molecule has 1 aromatic heterocycles. The van der Waals surface area contributed by atoms with Gasteiger partial charge in [0.05, 0.1) is 30.5 Å². The van der Waals surface area contributed by atoms with Crippen molar-refractivity contribution in [2.45, 2.75) is 25.8 Å². The maximum atomic E-state index is 11.6. The molecule has 8 heteroatoms. The number of morpholine rings is 1. The van der Waals surface area contributed by atoms with Crippen molar-refractivity contribution in [2.24, 2.45) is 0 Å². The van der Waals surface area contributed by atoms with Crippen LogP contribution in [-0.2, 0) is 9.53 Å². The lowest BCUT2D eigenvalue weighted by atomic mass is 10.0. The average molecular weight is 406 g/mol. The van der Waals surface area contributed by atoms with Crippen LogP contribution in [0.1, 0.15) is 25.3 Å². The number of hydrogen-bond acceptors (Lipinski definition) is 7. The van der Waals surface area contributed by atoms with Crippen LogP contribution < -0.4 is 11.1 Å². The van der Waals surface area contributed by atoms with Gasteiger partial charge >= 0.3 is 0 Å². The zero-order valence-electron chi connectivity index (χ0n) is 17.2. The first-order valence-electron chi connectivity index (χ1n) is 10.1. The standard InChI is InChI=1S/C22H26N6O2/c1-15(2)16-3-5-18(6-4-16)28-21(23)25-22(26-28)24-20-8-7-19(13-17(20)14-29)27-9-11-30-12-10-27/h3-8,13,15,20H,9-12H2,1-2H3,(H3,23,24,25,26). The van der Waals surface area contributed by atoms with Gasteiger partial charge in [0, 0.05) is 18.8 Å². The summed E-state index contributed by atoms with van der Waals surface area (Å²) in [6, 6.07) is 7.69. The van der Waals surface area contributed by atoms with Crippen molar-refractivity contribution >= 4 is 17.8 Å². The number of nitrogens with two attached hydrogens (primary N) is 1. The second kappa shape index (κ2) is 8.57. The Morgan fingerprint density at radius 1 is 1.23 bits per heavy atom. The number of nitrogen functional groups attached to an aromatic ring is 1. The maximum absolute atomic E-state index is 11.6. The molecule has 2 heterocycles. The van der Waals surface area contributed by atoms with E-state index in [9.17, 15) is 4.79 Å². The Hall–Kier alpha value is -3.35. The molecule has 1 fully saturated rings. The smallest absolute Gasteiger partial charge is 0.245 e. The van der Waals surface area contributed by atoms with E-state index in [0.717, 1.165) is 24.5 Å². The molecule has 0 saturated carbocycles. The van der Waals surface area contributed by atoms with Crippen LogP contribution in [0.5, 0.6) is 0 Å². The maximum Gasteiger partial charge on any atom is 0.245 e. The molecule has 1 aromatic carbocycles. The molecule has 3 N–H and O–H groups in total. The molecular formula is C22H26N6O2. The van der Waals surface area contributed by atoms with E-state index in [1.54, 1.807) is 4.68 Å². The van der Waals surface area contributed by atoms with Crippen LogP contribution in [0.4, 0.5) is 11.9 Å². The van der Waals surface area contributed by atoms with E-state index in [0.29, 0.717) is 30.7 Å². The second-order valence-electron chi connectivity index (χ2n) is 7.66. The topological polar surface area (TPSA) is 98.3 Å². The first-order valence-corrected chi connectivity index (χ1v) is 10.1. The minimum atomic E-state index is -0.370. The number of nitrogens with zero attached hydrogens (tertiary/aromatic N) is 4. The number of carbonyl (C=O) groups excluding carboxylic acids is 1. The Morgan fingerprint density at radius 3 is 2.63 bits per heavy atom. The zero-order valence-corrected chi connectivity index (χ0v) is 17.2. The number of allylic oxidation sites excluding steroid dienone is 1. The number of anilines is 2. The molecular weight excluding hydrogens is 380 g/mol. The summed E-state index contributed by atoms with van der Waals surface area (Å²) in [6.45, 7) is 7.28. The SMILES string of the molecule is CC(C)c1ccc(-n2nc(NC3C=CC(N4CCOCC4)=CC3=C=O)nc2N)cc1. The van der Waals surface area contributed by atoms with Gasteiger partial charge in [0.25, 0.3) is 0 Å². The molecule has 0 bridgehead atoms. The number of rotatable bonds is 5. The molecule has 8 nitrogen and oxygen atoms in total. The minimum absolute atomic E-state index is 0.274. The summed E-state index contributed by atoms with van der Waals surface area (Å²) in [6.07, 6.45) is 5.76. The number of ether oxygens (including phenoxy) is 1. The highest BCUT2D eigenvalue weighted by atomic mass is 16.5. The predicted molar refractivity (Wildman–Crippen MR) is 116 cm³/mol. The van der Waals surface area contributed by atoms with Crippen molar-refractivity contribution in [1.82, 2.24) is 19.7 Å². The van der Waals surface area contributed by atoms with Crippen LogP contribution in [0.25, 0.3) is 5.69 Å². The van der Waals surface area contributed by atoms with Crippen molar-refractivity contribution in [3.63, 3.8) is 0 Å². The summed E-state index contributed by atoms with van der Waals surface area (Å²) in [5.74, 6) is 3.12. The number of benzene rings is 1. The molecule has 156 valence electrons. The lowest BCUT2D eigenvalue weighted by molar-refractivity contribution is 0.0553. The van der Waals surface area contributed by atoms with E-state index in [1.165, 1.54) is 5.56 Å². The lowest BCUT2D eigenvalue weighted by Crippen LogP contribution is -2.36. The van der Waals surface area contributed by atoms with E-state index in [-0.39, 0.29) is 12.0 Å². The van der Waals surface area contributed by atoms with Crippen molar-refractivity contribution < 1.29 is 9.53 Å². The van der Waals surface area contributed by atoms with Gasteiger partial charge < -0.3 is 20.7 Å². The molecule has 1 aliphatic heterocycles. The van der Waals surface area contributed by atoms with E-state index in [1.807, 2.05) is 36.3 Å². The Bertz CT molecular complexity index is 1010. The van der Waals surface area contributed by atoms with Crippen LogP contribution in [0.3, 0.4) is 0 Å². The molecule has 0 radical (unpaired) electrons. The van der Waals surface area contributed by atoms with Gasteiger partial charge in [0.2, 0.25) is 11.9 Å². The fraction of sp³-hybridized carbons (Fsp3) is 0.364. The molecule has 1 aliphatic carbocycles. The Balaban J connectivity index is 1.50. The van der Waals surface area contributed by atoms with Gasteiger partial charge in [-0.3, -0.25) is 0 Å². The first kappa shape index (κ1) is 19.9. The number of nitrogens with one attached hydrogen (secondary N) is 1.